The molecular formula is C20H19NO4S. The first-order valence-corrected chi connectivity index (χ1v) is 9.33. The molecule has 0 radical (unpaired) electrons. The third kappa shape index (κ3) is 3.96. The van der Waals surface area contributed by atoms with Crippen LogP contribution in [0.25, 0.3) is 0 Å². The van der Waals surface area contributed by atoms with Gasteiger partial charge in [0.1, 0.15) is 12.6 Å². The van der Waals surface area contributed by atoms with Gasteiger partial charge >= 0.3 is 6.09 Å². The van der Waals surface area contributed by atoms with Crippen LogP contribution in [0.3, 0.4) is 0 Å². The number of nitrogens with zero attached hydrogens (tertiary/aromatic N) is 1. The van der Waals surface area contributed by atoms with Crippen molar-refractivity contribution in [1.82, 2.24) is 4.90 Å². The zero-order valence-electron chi connectivity index (χ0n) is 14.3. The van der Waals surface area contributed by atoms with Gasteiger partial charge in [0.15, 0.2) is 0 Å². The summed E-state index contributed by atoms with van der Waals surface area (Å²) >= 11 is 1.08. The average molecular weight is 369 g/mol. The third-order valence-corrected chi connectivity index (χ3v) is 5.35. The second kappa shape index (κ2) is 8.19. The molecule has 1 saturated heterocycles. The number of ether oxygens (including phenoxy) is 1. The number of amides is 2. The Morgan fingerprint density at radius 1 is 1.12 bits per heavy atom. The van der Waals surface area contributed by atoms with E-state index in [9.17, 15) is 14.4 Å². The molecular weight excluding hydrogens is 350 g/mol. The Balaban J connectivity index is 1.65. The van der Waals surface area contributed by atoms with Crippen LogP contribution in [0.4, 0.5) is 4.79 Å². The van der Waals surface area contributed by atoms with Gasteiger partial charge in [0.05, 0.1) is 0 Å². The van der Waals surface area contributed by atoms with Gasteiger partial charge in [0, 0.05) is 17.2 Å². The molecule has 0 unspecified atom stereocenters. The molecule has 1 aliphatic rings. The van der Waals surface area contributed by atoms with E-state index in [2.05, 4.69) is 0 Å². The van der Waals surface area contributed by atoms with Crippen LogP contribution in [0.15, 0.2) is 60.7 Å². The van der Waals surface area contributed by atoms with Gasteiger partial charge in [0.25, 0.3) is 0 Å². The van der Waals surface area contributed by atoms with Crippen LogP contribution in [0.1, 0.15) is 28.9 Å². The van der Waals surface area contributed by atoms with Crippen LogP contribution in [-0.4, -0.2) is 34.4 Å². The van der Waals surface area contributed by atoms with Crippen LogP contribution in [0.5, 0.6) is 0 Å². The first kappa shape index (κ1) is 18.2. The Morgan fingerprint density at radius 3 is 2.38 bits per heavy atom. The summed E-state index contributed by atoms with van der Waals surface area (Å²) in [6.07, 6.45) is -0.630. The first-order valence-electron chi connectivity index (χ1n) is 8.35. The lowest BCUT2D eigenvalue weighted by molar-refractivity contribution is -0.132. The van der Waals surface area contributed by atoms with Crippen molar-refractivity contribution >= 4 is 28.9 Å². The summed E-state index contributed by atoms with van der Waals surface area (Å²) in [7, 11) is 0. The van der Waals surface area contributed by atoms with Gasteiger partial charge in [-0.05, 0) is 5.56 Å². The molecule has 5 nitrogen and oxygen atoms in total. The maximum absolute atomic E-state index is 12.8. The maximum atomic E-state index is 12.8. The first-order chi connectivity index (χ1) is 12.6. The van der Waals surface area contributed by atoms with Gasteiger partial charge in [-0.3, -0.25) is 9.59 Å². The van der Waals surface area contributed by atoms with Crippen LogP contribution < -0.4 is 0 Å². The van der Waals surface area contributed by atoms with Gasteiger partial charge in [0.2, 0.25) is 11.0 Å². The molecule has 1 aliphatic heterocycles. The van der Waals surface area contributed by atoms with E-state index in [0.717, 1.165) is 17.3 Å². The van der Waals surface area contributed by atoms with Crippen LogP contribution in [0.2, 0.25) is 0 Å². The Bertz CT molecular complexity index is 794. The second-order valence-corrected chi connectivity index (χ2v) is 7.07. The van der Waals surface area contributed by atoms with Crippen molar-refractivity contribution in [1.29, 1.82) is 0 Å². The van der Waals surface area contributed by atoms with Crippen LogP contribution in [-0.2, 0) is 9.53 Å². The minimum absolute atomic E-state index is 0.0890. The molecule has 1 fully saturated rings. The molecule has 1 heterocycles. The fourth-order valence-corrected chi connectivity index (χ4v) is 3.60. The standard InChI is InChI=1S/C20H19NO4S/c1-14(13-26-19(23)16-10-6-3-7-11-16)18(22)21-17(12-25-20(21)24)15-8-4-2-5-9-15/h2-11,14,17H,12-13H2,1H3/t14-,17-/m1/s1. The van der Waals surface area contributed by atoms with E-state index in [1.54, 1.807) is 31.2 Å². The number of hydrogen-bond acceptors (Lipinski definition) is 5. The Labute approximate surface area is 156 Å². The smallest absolute Gasteiger partial charge is 0.417 e. The highest BCUT2D eigenvalue weighted by Crippen LogP contribution is 2.30. The fraction of sp³-hybridized carbons (Fsp3) is 0.250. The summed E-state index contributed by atoms with van der Waals surface area (Å²) in [6, 6.07) is 17.8. The van der Waals surface area contributed by atoms with Gasteiger partial charge in [-0.2, -0.15) is 0 Å². The Kier molecular flexibility index (Phi) is 5.73. The molecule has 2 amide bonds. The predicted octanol–water partition coefficient (Wildman–Crippen LogP) is 3.92. The highest BCUT2D eigenvalue weighted by atomic mass is 32.2. The summed E-state index contributed by atoms with van der Waals surface area (Å²) in [5.41, 5.74) is 1.45. The quantitative estimate of drug-likeness (QED) is 0.799. The lowest BCUT2D eigenvalue weighted by Gasteiger charge is -2.23. The molecule has 26 heavy (non-hydrogen) atoms. The molecule has 0 bridgehead atoms. The zero-order chi connectivity index (χ0) is 18.5. The van der Waals surface area contributed by atoms with Crippen molar-refractivity contribution in [2.24, 2.45) is 5.92 Å². The minimum atomic E-state index is -0.630. The lowest BCUT2D eigenvalue weighted by atomic mass is 10.1. The summed E-state index contributed by atoms with van der Waals surface area (Å²) in [4.78, 5) is 38.2. The van der Waals surface area contributed by atoms with E-state index in [0.29, 0.717) is 11.3 Å². The second-order valence-electron chi connectivity index (χ2n) is 6.08. The Morgan fingerprint density at radius 2 is 1.73 bits per heavy atom. The van der Waals surface area contributed by atoms with Gasteiger partial charge in [-0.25, -0.2) is 9.69 Å². The zero-order valence-corrected chi connectivity index (χ0v) is 15.1. The summed E-state index contributed by atoms with van der Waals surface area (Å²) in [5.74, 6) is -0.503. The van der Waals surface area contributed by atoms with Crippen molar-refractivity contribution < 1.29 is 19.1 Å². The largest absolute Gasteiger partial charge is 0.446 e. The minimum Gasteiger partial charge on any atom is -0.446 e. The number of hydrogen-bond donors (Lipinski definition) is 0. The molecule has 2 aromatic rings. The summed E-state index contributed by atoms with van der Waals surface area (Å²) in [6.45, 7) is 1.87. The molecule has 0 saturated carbocycles. The normalized spacial score (nSPS) is 17.7. The number of imide groups is 1. The molecule has 2 aromatic carbocycles. The van der Waals surface area contributed by atoms with E-state index in [1.807, 2.05) is 36.4 Å². The molecule has 3 rings (SSSR count). The highest BCUT2D eigenvalue weighted by Gasteiger charge is 2.40. The van der Waals surface area contributed by atoms with E-state index >= 15 is 0 Å². The van der Waals surface area contributed by atoms with E-state index in [1.165, 1.54) is 4.90 Å². The topological polar surface area (TPSA) is 63.7 Å². The fourth-order valence-electron chi connectivity index (χ4n) is 2.75. The SMILES string of the molecule is C[C@H](CSC(=O)c1ccccc1)C(=O)N1C(=O)OC[C@@H]1c1ccccc1. The van der Waals surface area contributed by atoms with E-state index in [-0.39, 0.29) is 17.6 Å². The van der Waals surface area contributed by atoms with E-state index < -0.39 is 18.1 Å². The number of cyclic esters (lactones) is 1. The summed E-state index contributed by atoms with van der Waals surface area (Å²) in [5, 5.41) is -0.0890. The number of carbonyl (C=O) groups excluding carboxylic acids is 3. The van der Waals surface area contributed by atoms with Gasteiger partial charge < -0.3 is 4.74 Å². The van der Waals surface area contributed by atoms with Crippen LogP contribution >= 0.6 is 11.8 Å². The van der Waals surface area contributed by atoms with Gasteiger partial charge in [-0.15, -0.1) is 0 Å². The molecule has 0 N–H and O–H groups in total. The molecule has 2 atom stereocenters. The number of rotatable bonds is 5. The van der Waals surface area contributed by atoms with Crippen molar-refractivity contribution in [3.05, 3.63) is 71.8 Å². The Hall–Kier alpha value is -2.60. The molecule has 134 valence electrons. The molecule has 0 spiro atoms. The van der Waals surface area contributed by atoms with Crippen molar-refractivity contribution in [3.63, 3.8) is 0 Å². The number of carbonyl (C=O) groups is 3. The van der Waals surface area contributed by atoms with Crippen molar-refractivity contribution in [2.45, 2.75) is 13.0 Å². The average Bonchev–Trinajstić information content (AvgIpc) is 3.08. The van der Waals surface area contributed by atoms with Crippen molar-refractivity contribution in [2.75, 3.05) is 12.4 Å². The third-order valence-electron chi connectivity index (χ3n) is 4.19. The van der Waals surface area contributed by atoms with Crippen molar-refractivity contribution in [3.8, 4) is 0 Å². The summed E-state index contributed by atoms with van der Waals surface area (Å²) < 4.78 is 5.09. The molecule has 6 heteroatoms. The van der Waals surface area contributed by atoms with E-state index in [4.69, 9.17) is 4.74 Å². The predicted molar refractivity (Wildman–Crippen MR) is 99.8 cm³/mol. The van der Waals surface area contributed by atoms with Crippen LogP contribution in [0, 0.1) is 5.92 Å². The number of thioether (sulfide) groups is 1. The monoisotopic (exact) mass is 369 g/mol. The number of benzene rings is 2. The molecule has 0 aliphatic carbocycles. The highest BCUT2D eigenvalue weighted by molar-refractivity contribution is 8.14. The molecule has 0 aromatic heterocycles. The maximum Gasteiger partial charge on any atom is 0.417 e. The van der Waals surface area contributed by atoms with Gasteiger partial charge in [-0.1, -0.05) is 79.3 Å². The lowest BCUT2D eigenvalue weighted by Crippen LogP contribution is -2.38.